The molecule has 1 aliphatic carbocycles. The number of esters is 1. The molecule has 0 atom stereocenters. The zero-order valence-corrected chi connectivity index (χ0v) is 6.93. The molecule has 0 saturated heterocycles. The molecule has 0 aromatic heterocycles. The summed E-state index contributed by atoms with van der Waals surface area (Å²) in [5.41, 5.74) is 0. The van der Waals surface area contributed by atoms with E-state index in [1.54, 1.807) is 0 Å². The minimum atomic E-state index is -0.132. The van der Waals surface area contributed by atoms with Crippen LogP contribution in [0.3, 0.4) is 0 Å². The topological polar surface area (TPSA) is 57.8 Å². The van der Waals surface area contributed by atoms with Gasteiger partial charge in [0.05, 0.1) is 0 Å². The van der Waals surface area contributed by atoms with Gasteiger partial charge in [-0.1, -0.05) is 6.42 Å². The Morgan fingerprint density at radius 2 is 1.82 bits per heavy atom. The minimum Gasteiger partial charge on any atom is -0.463 e. The smallest absolute Gasteiger partial charge is 0.302 e. The summed E-state index contributed by atoms with van der Waals surface area (Å²) in [6, 6.07) is 0. The highest BCUT2D eigenvalue weighted by molar-refractivity contribution is 5.66. The molecule has 1 fully saturated rings. The molecule has 3 nitrogen and oxygen atoms in total. The van der Waals surface area contributed by atoms with Crippen molar-refractivity contribution < 1.29 is 15.0 Å². The van der Waals surface area contributed by atoms with Gasteiger partial charge in [0.15, 0.2) is 0 Å². The molecule has 1 saturated carbocycles. The molecule has 0 aromatic rings. The third-order valence-electron chi connectivity index (χ3n) is 1.88. The first-order valence-electron chi connectivity index (χ1n) is 3.96. The highest BCUT2D eigenvalue weighted by atomic mass is 16.5. The van der Waals surface area contributed by atoms with E-state index in [9.17, 15) is 4.79 Å². The van der Waals surface area contributed by atoms with Crippen molar-refractivity contribution in [3.05, 3.63) is 0 Å². The molecule has 11 heavy (non-hydrogen) atoms. The molecule has 1 aliphatic rings. The SMILES string of the molecule is CC(=O)OC1CCCCC1.O. The molecule has 0 amide bonds. The first-order valence-corrected chi connectivity index (χ1v) is 3.96. The Bertz CT molecular complexity index is 117. The van der Waals surface area contributed by atoms with Crippen molar-refractivity contribution in [2.75, 3.05) is 0 Å². The lowest BCUT2D eigenvalue weighted by atomic mass is 9.98. The summed E-state index contributed by atoms with van der Waals surface area (Å²) in [4.78, 5) is 10.5. The minimum absolute atomic E-state index is 0. The van der Waals surface area contributed by atoms with Gasteiger partial charge in [0.1, 0.15) is 6.10 Å². The Labute approximate surface area is 67.0 Å². The fourth-order valence-electron chi connectivity index (χ4n) is 1.42. The van der Waals surface area contributed by atoms with Crippen LogP contribution < -0.4 is 0 Å². The van der Waals surface area contributed by atoms with Gasteiger partial charge in [0.2, 0.25) is 0 Å². The van der Waals surface area contributed by atoms with Crippen molar-refractivity contribution in [3.8, 4) is 0 Å². The molecule has 0 aromatic carbocycles. The van der Waals surface area contributed by atoms with Crippen LogP contribution in [-0.4, -0.2) is 17.5 Å². The van der Waals surface area contributed by atoms with Gasteiger partial charge in [0.25, 0.3) is 0 Å². The lowest BCUT2D eigenvalue weighted by molar-refractivity contribution is -0.147. The van der Waals surface area contributed by atoms with Gasteiger partial charge >= 0.3 is 5.97 Å². The molecule has 0 heterocycles. The molecule has 2 N–H and O–H groups in total. The second-order valence-corrected chi connectivity index (χ2v) is 2.87. The molecule has 1 rings (SSSR count). The summed E-state index contributed by atoms with van der Waals surface area (Å²) in [7, 11) is 0. The van der Waals surface area contributed by atoms with Gasteiger partial charge in [-0.25, -0.2) is 0 Å². The third-order valence-corrected chi connectivity index (χ3v) is 1.88. The fraction of sp³-hybridized carbons (Fsp3) is 0.875. The zero-order valence-electron chi connectivity index (χ0n) is 6.93. The highest BCUT2D eigenvalue weighted by Gasteiger charge is 2.14. The van der Waals surface area contributed by atoms with Crippen molar-refractivity contribution >= 4 is 5.97 Å². The van der Waals surface area contributed by atoms with Crippen LogP contribution in [0.2, 0.25) is 0 Å². The summed E-state index contributed by atoms with van der Waals surface area (Å²) in [5, 5.41) is 0. The molecule has 0 unspecified atom stereocenters. The molecule has 66 valence electrons. The number of rotatable bonds is 1. The lowest BCUT2D eigenvalue weighted by Gasteiger charge is -2.20. The lowest BCUT2D eigenvalue weighted by Crippen LogP contribution is -2.18. The highest BCUT2D eigenvalue weighted by Crippen LogP contribution is 2.19. The Balaban J connectivity index is 0.000001000. The van der Waals surface area contributed by atoms with Gasteiger partial charge < -0.3 is 10.2 Å². The number of hydrogen-bond donors (Lipinski definition) is 0. The molecular formula is C8H16O3. The number of hydrogen-bond acceptors (Lipinski definition) is 2. The van der Waals surface area contributed by atoms with Crippen molar-refractivity contribution in [1.29, 1.82) is 0 Å². The summed E-state index contributed by atoms with van der Waals surface area (Å²) >= 11 is 0. The quantitative estimate of drug-likeness (QED) is 0.538. The average Bonchev–Trinajstić information content (AvgIpc) is 1.88. The van der Waals surface area contributed by atoms with Crippen molar-refractivity contribution in [1.82, 2.24) is 0 Å². The predicted octanol–water partition coefficient (Wildman–Crippen LogP) is 1.06. The maximum atomic E-state index is 10.5. The second kappa shape index (κ2) is 5.13. The van der Waals surface area contributed by atoms with E-state index in [4.69, 9.17) is 4.74 Å². The molecule has 0 aliphatic heterocycles. The molecule has 0 spiro atoms. The summed E-state index contributed by atoms with van der Waals surface area (Å²) < 4.78 is 5.05. The molecule has 0 bridgehead atoms. The normalized spacial score (nSPS) is 18.6. The Morgan fingerprint density at radius 3 is 2.27 bits per heavy atom. The first kappa shape index (κ1) is 10.4. The standard InChI is InChI=1S/C8H14O2.H2O/c1-7(9)10-8-5-3-2-4-6-8;/h8H,2-6H2,1H3;1H2. The first-order chi connectivity index (χ1) is 4.79. The van der Waals surface area contributed by atoms with Gasteiger partial charge in [-0.3, -0.25) is 4.79 Å². The fourth-order valence-corrected chi connectivity index (χ4v) is 1.42. The van der Waals surface area contributed by atoms with E-state index in [1.807, 2.05) is 0 Å². The van der Waals surface area contributed by atoms with Crippen molar-refractivity contribution in [2.45, 2.75) is 45.1 Å². The van der Waals surface area contributed by atoms with Crippen LogP contribution in [-0.2, 0) is 9.53 Å². The van der Waals surface area contributed by atoms with E-state index < -0.39 is 0 Å². The van der Waals surface area contributed by atoms with Crippen molar-refractivity contribution in [2.24, 2.45) is 0 Å². The van der Waals surface area contributed by atoms with E-state index in [0.29, 0.717) is 0 Å². The number of ether oxygens (including phenoxy) is 1. The Kier molecular flexibility index (Phi) is 4.86. The number of carbonyl (C=O) groups is 1. The zero-order chi connectivity index (χ0) is 7.40. The van der Waals surface area contributed by atoms with Gasteiger partial charge in [-0.15, -0.1) is 0 Å². The maximum Gasteiger partial charge on any atom is 0.302 e. The van der Waals surface area contributed by atoms with E-state index in [2.05, 4.69) is 0 Å². The summed E-state index contributed by atoms with van der Waals surface area (Å²) in [6.07, 6.45) is 6.11. The monoisotopic (exact) mass is 160 g/mol. The maximum absolute atomic E-state index is 10.5. The van der Waals surface area contributed by atoms with Crippen LogP contribution in [0.15, 0.2) is 0 Å². The van der Waals surface area contributed by atoms with Crippen LogP contribution >= 0.6 is 0 Å². The Morgan fingerprint density at radius 1 is 1.27 bits per heavy atom. The molecule has 3 heteroatoms. The average molecular weight is 160 g/mol. The second-order valence-electron chi connectivity index (χ2n) is 2.87. The van der Waals surface area contributed by atoms with Crippen LogP contribution in [0.4, 0.5) is 0 Å². The van der Waals surface area contributed by atoms with E-state index in [1.165, 1.54) is 26.2 Å². The Hall–Kier alpha value is -0.570. The van der Waals surface area contributed by atoms with Crippen molar-refractivity contribution in [3.63, 3.8) is 0 Å². The predicted molar refractivity (Wildman–Crippen MR) is 42.3 cm³/mol. The largest absolute Gasteiger partial charge is 0.463 e. The summed E-state index contributed by atoms with van der Waals surface area (Å²) in [5.74, 6) is -0.132. The van der Waals surface area contributed by atoms with E-state index >= 15 is 0 Å². The van der Waals surface area contributed by atoms with Crippen LogP contribution in [0.25, 0.3) is 0 Å². The van der Waals surface area contributed by atoms with E-state index in [-0.39, 0.29) is 17.5 Å². The van der Waals surface area contributed by atoms with Crippen LogP contribution in [0.1, 0.15) is 39.0 Å². The van der Waals surface area contributed by atoms with Gasteiger partial charge in [0, 0.05) is 6.92 Å². The van der Waals surface area contributed by atoms with Gasteiger partial charge in [-0.2, -0.15) is 0 Å². The molecular weight excluding hydrogens is 144 g/mol. The number of carbonyl (C=O) groups excluding carboxylic acids is 1. The molecule has 0 radical (unpaired) electrons. The van der Waals surface area contributed by atoms with Gasteiger partial charge in [-0.05, 0) is 25.7 Å². The third kappa shape index (κ3) is 3.98. The van der Waals surface area contributed by atoms with Crippen LogP contribution in [0.5, 0.6) is 0 Å². The summed E-state index contributed by atoms with van der Waals surface area (Å²) in [6.45, 7) is 1.48. The van der Waals surface area contributed by atoms with E-state index in [0.717, 1.165) is 12.8 Å². The van der Waals surface area contributed by atoms with Crippen LogP contribution in [0, 0.1) is 0 Å².